The topological polar surface area (TPSA) is 114 Å². The van der Waals surface area contributed by atoms with E-state index in [1.807, 2.05) is 31.2 Å². The minimum atomic E-state index is -0.637. The van der Waals surface area contributed by atoms with E-state index in [0.29, 0.717) is 5.71 Å². The van der Waals surface area contributed by atoms with E-state index in [9.17, 15) is 19.7 Å². The number of hydrogen-bond donors (Lipinski definition) is 2. The van der Waals surface area contributed by atoms with Gasteiger partial charge in [-0.1, -0.05) is 36.7 Å². The van der Waals surface area contributed by atoms with Crippen molar-refractivity contribution < 1.29 is 14.5 Å². The standard InChI is InChI=1S/C19H19ClN4O4/c1-3-13-6-4-5-7-16(13)21-18(25)10-12(2)22-23-19(26)14-8-9-17(24(27)28)15(20)11-14/h4-9,11H,3,10H2,1-2H3,(H,21,25)(H,23,26)/b22-12-. The van der Waals surface area contributed by atoms with Gasteiger partial charge in [0.1, 0.15) is 5.02 Å². The Morgan fingerprint density at radius 2 is 1.93 bits per heavy atom. The fraction of sp³-hybridized carbons (Fsp3) is 0.211. The highest BCUT2D eigenvalue weighted by Gasteiger charge is 2.15. The maximum Gasteiger partial charge on any atom is 0.287 e. The number of carbonyl (C=O) groups is 2. The van der Waals surface area contributed by atoms with Crippen LogP contribution in [0, 0.1) is 10.1 Å². The summed E-state index contributed by atoms with van der Waals surface area (Å²) in [6.45, 7) is 3.60. The molecule has 2 aromatic carbocycles. The second kappa shape index (κ2) is 9.61. The molecule has 28 heavy (non-hydrogen) atoms. The lowest BCUT2D eigenvalue weighted by Gasteiger charge is -2.09. The first-order valence-electron chi connectivity index (χ1n) is 8.47. The Hall–Kier alpha value is -3.26. The number of rotatable bonds is 7. The minimum Gasteiger partial charge on any atom is -0.326 e. The van der Waals surface area contributed by atoms with Crippen LogP contribution in [0.5, 0.6) is 0 Å². The predicted octanol–water partition coefficient (Wildman–Crippen LogP) is 3.95. The van der Waals surface area contributed by atoms with Crippen molar-refractivity contribution in [2.75, 3.05) is 5.32 Å². The Morgan fingerprint density at radius 3 is 2.57 bits per heavy atom. The first kappa shape index (κ1) is 21.0. The summed E-state index contributed by atoms with van der Waals surface area (Å²) >= 11 is 5.79. The number of hydrazone groups is 1. The number of anilines is 1. The van der Waals surface area contributed by atoms with E-state index in [1.54, 1.807) is 6.92 Å². The summed E-state index contributed by atoms with van der Waals surface area (Å²) in [5, 5.41) is 17.3. The SMILES string of the molecule is CCc1ccccc1NC(=O)C/C(C)=N\NC(=O)c1ccc([N+](=O)[O-])c(Cl)c1. The van der Waals surface area contributed by atoms with Gasteiger partial charge < -0.3 is 5.32 Å². The number of nitro benzene ring substituents is 1. The van der Waals surface area contributed by atoms with E-state index in [1.165, 1.54) is 12.1 Å². The van der Waals surface area contributed by atoms with Crippen molar-refractivity contribution in [3.05, 3.63) is 68.7 Å². The van der Waals surface area contributed by atoms with Gasteiger partial charge in [-0.05, 0) is 37.1 Å². The third-order valence-corrected chi connectivity index (χ3v) is 4.15. The van der Waals surface area contributed by atoms with Crippen molar-refractivity contribution in [2.45, 2.75) is 26.7 Å². The Bertz CT molecular complexity index is 943. The molecular weight excluding hydrogens is 384 g/mol. The van der Waals surface area contributed by atoms with E-state index in [0.717, 1.165) is 23.7 Å². The molecule has 2 N–H and O–H groups in total. The Morgan fingerprint density at radius 1 is 1.21 bits per heavy atom. The summed E-state index contributed by atoms with van der Waals surface area (Å²) in [7, 11) is 0. The number of hydrogen-bond acceptors (Lipinski definition) is 5. The fourth-order valence-corrected chi connectivity index (χ4v) is 2.67. The molecule has 2 amide bonds. The summed E-state index contributed by atoms with van der Waals surface area (Å²) in [6, 6.07) is 11.1. The van der Waals surface area contributed by atoms with Gasteiger partial charge in [0.15, 0.2) is 0 Å². The summed E-state index contributed by atoms with van der Waals surface area (Å²) in [5.41, 5.74) is 4.30. The maximum atomic E-state index is 12.2. The van der Waals surface area contributed by atoms with Crippen LogP contribution in [0.15, 0.2) is 47.6 Å². The number of halogens is 1. The number of benzene rings is 2. The molecule has 0 saturated heterocycles. The molecule has 2 rings (SSSR count). The largest absolute Gasteiger partial charge is 0.326 e. The summed E-state index contributed by atoms with van der Waals surface area (Å²) in [4.78, 5) is 34.4. The predicted molar refractivity (Wildman–Crippen MR) is 108 cm³/mol. The number of nitrogens with zero attached hydrogens (tertiary/aromatic N) is 2. The number of aryl methyl sites for hydroxylation is 1. The lowest BCUT2D eigenvalue weighted by molar-refractivity contribution is -0.384. The lowest BCUT2D eigenvalue weighted by Crippen LogP contribution is -2.21. The van der Waals surface area contributed by atoms with Crippen molar-refractivity contribution in [3.8, 4) is 0 Å². The van der Waals surface area contributed by atoms with Gasteiger partial charge in [0.05, 0.1) is 11.3 Å². The van der Waals surface area contributed by atoms with Crippen molar-refractivity contribution in [1.82, 2.24) is 5.43 Å². The molecule has 0 bridgehead atoms. The molecule has 0 aliphatic heterocycles. The van der Waals surface area contributed by atoms with Crippen molar-refractivity contribution >= 4 is 40.5 Å². The number of para-hydroxylation sites is 1. The van der Waals surface area contributed by atoms with E-state index >= 15 is 0 Å². The van der Waals surface area contributed by atoms with Gasteiger partial charge in [-0.15, -0.1) is 0 Å². The summed E-state index contributed by atoms with van der Waals surface area (Å²) in [6.07, 6.45) is 0.788. The first-order valence-corrected chi connectivity index (χ1v) is 8.84. The smallest absolute Gasteiger partial charge is 0.287 e. The molecular formula is C19H19ClN4O4. The van der Waals surface area contributed by atoms with Crippen LogP contribution in [0.2, 0.25) is 5.02 Å². The molecule has 0 radical (unpaired) electrons. The number of nitro groups is 1. The van der Waals surface area contributed by atoms with Crippen LogP contribution in [0.25, 0.3) is 0 Å². The molecule has 0 heterocycles. The second-order valence-corrected chi connectivity index (χ2v) is 6.35. The van der Waals surface area contributed by atoms with E-state index in [4.69, 9.17) is 11.6 Å². The normalized spacial score (nSPS) is 11.0. The quantitative estimate of drug-likeness (QED) is 0.414. The second-order valence-electron chi connectivity index (χ2n) is 5.95. The third kappa shape index (κ3) is 5.62. The molecule has 8 nitrogen and oxygen atoms in total. The molecule has 146 valence electrons. The Balaban J connectivity index is 1.96. The average molecular weight is 403 g/mol. The number of nitrogens with one attached hydrogen (secondary N) is 2. The van der Waals surface area contributed by atoms with Crippen LogP contribution >= 0.6 is 11.6 Å². The van der Waals surface area contributed by atoms with E-state index in [2.05, 4.69) is 15.8 Å². The van der Waals surface area contributed by atoms with Gasteiger partial charge >= 0.3 is 0 Å². The third-order valence-electron chi connectivity index (χ3n) is 3.84. The highest BCUT2D eigenvalue weighted by molar-refractivity contribution is 6.33. The molecule has 0 unspecified atom stereocenters. The number of amides is 2. The van der Waals surface area contributed by atoms with Crippen molar-refractivity contribution in [3.63, 3.8) is 0 Å². The molecule has 9 heteroatoms. The zero-order valence-electron chi connectivity index (χ0n) is 15.4. The first-order chi connectivity index (χ1) is 13.3. The Labute approximate surface area is 166 Å². The van der Waals surface area contributed by atoms with Crippen LogP contribution in [-0.2, 0) is 11.2 Å². The van der Waals surface area contributed by atoms with E-state index in [-0.39, 0.29) is 28.6 Å². The lowest BCUT2D eigenvalue weighted by atomic mass is 10.1. The molecule has 0 fully saturated rings. The zero-order chi connectivity index (χ0) is 20.7. The highest BCUT2D eigenvalue weighted by Crippen LogP contribution is 2.24. The fourth-order valence-electron chi connectivity index (χ4n) is 2.42. The van der Waals surface area contributed by atoms with Crippen molar-refractivity contribution in [2.24, 2.45) is 5.10 Å². The minimum absolute atomic E-state index is 0.000649. The van der Waals surface area contributed by atoms with Crippen LogP contribution in [0.3, 0.4) is 0 Å². The van der Waals surface area contributed by atoms with Crippen LogP contribution in [0.1, 0.15) is 36.2 Å². The highest BCUT2D eigenvalue weighted by atomic mass is 35.5. The molecule has 0 saturated carbocycles. The van der Waals surface area contributed by atoms with Crippen LogP contribution in [-0.4, -0.2) is 22.4 Å². The molecule has 2 aromatic rings. The van der Waals surface area contributed by atoms with Crippen LogP contribution in [0.4, 0.5) is 11.4 Å². The summed E-state index contributed by atoms with van der Waals surface area (Å²) < 4.78 is 0. The van der Waals surface area contributed by atoms with Crippen LogP contribution < -0.4 is 10.7 Å². The van der Waals surface area contributed by atoms with Gasteiger partial charge in [-0.3, -0.25) is 19.7 Å². The van der Waals surface area contributed by atoms with Crippen molar-refractivity contribution in [1.29, 1.82) is 0 Å². The van der Waals surface area contributed by atoms with E-state index < -0.39 is 10.8 Å². The Kier molecular flexibility index (Phi) is 7.22. The zero-order valence-corrected chi connectivity index (χ0v) is 16.1. The summed E-state index contributed by atoms with van der Waals surface area (Å²) in [5.74, 6) is -0.845. The van der Waals surface area contributed by atoms with Gasteiger partial charge in [0.2, 0.25) is 5.91 Å². The molecule has 0 spiro atoms. The van der Waals surface area contributed by atoms with Gasteiger partial charge in [-0.2, -0.15) is 5.10 Å². The van der Waals surface area contributed by atoms with Gasteiger partial charge in [0.25, 0.3) is 11.6 Å². The molecule has 0 aromatic heterocycles. The number of carbonyl (C=O) groups excluding carboxylic acids is 2. The monoisotopic (exact) mass is 402 g/mol. The average Bonchev–Trinajstić information content (AvgIpc) is 2.66. The molecule has 0 atom stereocenters. The van der Waals surface area contributed by atoms with Gasteiger partial charge in [-0.25, -0.2) is 5.43 Å². The maximum absolute atomic E-state index is 12.2. The molecule has 0 aliphatic carbocycles. The molecule has 0 aliphatic rings. The van der Waals surface area contributed by atoms with Gasteiger partial charge in [0, 0.05) is 23.0 Å².